The molecule has 0 aliphatic rings. The van der Waals surface area contributed by atoms with Crippen molar-refractivity contribution >= 4 is 0 Å². The zero-order chi connectivity index (χ0) is 11.3. The van der Waals surface area contributed by atoms with E-state index in [2.05, 4.69) is 5.32 Å². The number of phenols is 2. The number of likely N-dealkylation sites (N-methyl/N-ethyl adjacent to an activating group) is 1. The van der Waals surface area contributed by atoms with Crippen LogP contribution in [-0.4, -0.2) is 41.6 Å². The molecule has 5 heteroatoms. The van der Waals surface area contributed by atoms with E-state index in [1.54, 1.807) is 7.05 Å². The Balaban J connectivity index is 2.47. The summed E-state index contributed by atoms with van der Waals surface area (Å²) in [4.78, 5) is 0. The number of ether oxygens (including phenoxy) is 1. The predicted molar refractivity (Wildman–Crippen MR) is 55.2 cm³/mol. The van der Waals surface area contributed by atoms with Crippen LogP contribution in [0.4, 0.5) is 0 Å². The summed E-state index contributed by atoms with van der Waals surface area (Å²) in [5, 5.41) is 30.3. The second-order valence-corrected chi connectivity index (χ2v) is 3.17. The van der Waals surface area contributed by atoms with Crippen LogP contribution in [0.1, 0.15) is 0 Å². The minimum atomic E-state index is -0.606. The van der Waals surface area contributed by atoms with Crippen molar-refractivity contribution < 1.29 is 20.1 Å². The molecule has 0 amide bonds. The molecule has 0 radical (unpaired) electrons. The maximum atomic E-state index is 9.33. The Hall–Kier alpha value is -1.46. The molecule has 0 heterocycles. The standard InChI is InChI=1S/C10H15NO4/c1-11-5-7(12)6-15-8-2-3-9(13)10(14)4-8/h2-4,7,11-14H,5-6H2,1H3. The minimum absolute atomic E-state index is 0.130. The van der Waals surface area contributed by atoms with E-state index >= 15 is 0 Å². The second-order valence-electron chi connectivity index (χ2n) is 3.17. The highest BCUT2D eigenvalue weighted by atomic mass is 16.5. The van der Waals surface area contributed by atoms with E-state index in [-0.39, 0.29) is 18.1 Å². The first kappa shape index (κ1) is 11.6. The molecule has 15 heavy (non-hydrogen) atoms. The molecule has 1 aromatic rings. The smallest absolute Gasteiger partial charge is 0.161 e. The minimum Gasteiger partial charge on any atom is -0.504 e. The van der Waals surface area contributed by atoms with Gasteiger partial charge in [-0.3, -0.25) is 0 Å². The van der Waals surface area contributed by atoms with Gasteiger partial charge in [0, 0.05) is 12.6 Å². The third-order valence-electron chi connectivity index (χ3n) is 1.83. The highest BCUT2D eigenvalue weighted by molar-refractivity contribution is 5.43. The number of rotatable bonds is 5. The van der Waals surface area contributed by atoms with Gasteiger partial charge in [0.25, 0.3) is 0 Å². The fraction of sp³-hybridized carbons (Fsp3) is 0.400. The summed E-state index contributed by atoms with van der Waals surface area (Å²) in [5.41, 5.74) is 0. The van der Waals surface area contributed by atoms with Gasteiger partial charge in [-0.05, 0) is 19.2 Å². The van der Waals surface area contributed by atoms with Gasteiger partial charge in [0.2, 0.25) is 0 Å². The van der Waals surface area contributed by atoms with E-state index in [1.165, 1.54) is 18.2 Å². The fourth-order valence-electron chi connectivity index (χ4n) is 1.08. The van der Waals surface area contributed by atoms with Crippen LogP contribution in [0.3, 0.4) is 0 Å². The van der Waals surface area contributed by atoms with Gasteiger partial charge in [-0.15, -0.1) is 0 Å². The van der Waals surface area contributed by atoms with Crippen molar-refractivity contribution in [1.82, 2.24) is 5.32 Å². The molecule has 0 aromatic heterocycles. The van der Waals surface area contributed by atoms with Gasteiger partial charge in [-0.2, -0.15) is 0 Å². The summed E-state index contributed by atoms with van der Waals surface area (Å²) < 4.78 is 5.20. The Bertz CT molecular complexity index is 316. The zero-order valence-electron chi connectivity index (χ0n) is 8.47. The molecule has 0 aliphatic carbocycles. The summed E-state index contributed by atoms with van der Waals surface area (Å²) >= 11 is 0. The summed E-state index contributed by atoms with van der Waals surface area (Å²) in [6, 6.07) is 4.14. The van der Waals surface area contributed by atoms with E-state index in [0.717, 1.165) is 0 Å². The number of aliphatic hydroxyl groups excluding tert-OH is 1. The molecule has 0 bridgehead atoms. The molecule has 84 valence electrons. The molecular formula is C10H15NO4. The molecule has 1 unspecified atom stereocenters. The number of benzene rings is 1. The van der Waals surface area contributed by atoms with Crippen molar-refractivity contribution in [3.63, 3.8) is 0 Å². The molecule has 1 atom stereocenters. The number of nitrogens with one attached hydrogen (secondary N) is 1. The summed E-state index contributed by atoms with van der Waals surface area (Å²) in [6.45, 7) is 0.565. The van der Waals surface area contributed by atoms with Crippen molar-refractivity contribution in [3.05, 3.63) is 18.2 Å². The van der Waals surface area contributed by atoms with Gasteiger partial charge in [-0.1, -0.05) is 0 Å². The molecular weight excluding hydrogens is 198 g/mol. The highest BCUT2D eigenvalue weighted by Gasteiger charge is 2.05. The fourth-order valence-corrected chi connectivity index (χ4v) is 1.08. The molecule has 0 fully saturated rings. The number of aromatic hydroxyl groups is 2. The van der Waals surface area contributed by atoms with Gasteiger partial charge >= 0.3 is 0 Å². The Morgan fingerprint density at radius 3 is 2.67 bits per heavy atom. The van der Waals surface area contributed by atoms with E-state index in [1.807, 2.05) is 0 Å². The maximum absolute atomic E-state index is 9.33. The van der Waals surface area contributed by atoms with Crippen LogP contribution in [0.15, 0.2) is 18.2 Å². The number of hydrogen-bond donors (Lipinski definition) is 4. The van der Waals surface area contributed by atoms with Crippen molar-refractivity contribution in [1.29, 1.82) is 0 Å². The lowest BCUT2D eigenvalue weighted by atomic mass is 10.3. The predicted octanol–water partition coefficient (Wildman–Crippen LogP) is 0.0569. The van der Waals surface area contributed by atoms with Crippen molar-refractivity contribution in [2.75, 3.05) is 20.2 Å². The van der Waals surface area contributed by atoms with E-state index in [4.69, 9.17) is 14.9 Å². The zero-order valence-corrected chi connectivity index (χ0v) is 8.47. The summed E-state index contributed by atoms with van der Waals surface area (Å²) in [5.74, 6) is -0.0332. The third-order valence-corrected chi connectivity index (χ3v) is 1.83. The normalized spacial score (nSPS) is 12.4. The molecule has 0 saturated heterocycles. The topological polar surface area (TPSA) is 82.0 Å². The van der Waals surface area contributed by atoms with Crippen molar-refractivity contribution in [2.24, 2.45) is 0 Å². The molecule has 1 aromatic carbocycles. The van der Waals surface area contributed by atoms with E-state index in [9.17, 15) is 5.11 Å². The van der Waals surface area contributed by atoms with E-state index in [0.29, 0.717) is 12.3 Å². The van der Waals surface area contributed by atoms with Crippen LogP contribution in [0.2, 0.25) is 0 Å². The lowest BCUT2D eigenvalue weighted by Gasteiger charge is -2.11. The maximum Gasteiger partial charge on any atom is 0.161 e. The van der Waals surface area contributed by atoms with Gasteiger partial charge in [0.05, 0.1) is 0 Å². The number of hydrogen-bond acceptors (Lipinski definition) is 5. The van der Waals surface area contributed by atoms with Gasteiger partial charge in [-0.25, -0.2) is 0 Å². The van der Waals surface area contributed by atoms with Crippen LogP contribution >= 0.6 is 0 Å². The van der Waals surface area contributed by atoms with Crippen LogP contribution in [0.25, 0.3) is 0 Å². The first-order valence-corrected chi connectivity index (χ1v) is 4.61. The molecule has 4 N–H and O–H groups in total. The van der Waals surface area contributed by atoms with Crippen molar-refractivity contribution in [3.8, 4) is 17.2 Å². The SMILES string of the molecule is CNCC(O)COc1ccc(O)c(O)c1. The molecule has 0 spiro atoms. The number of aliphatic hydroxyl groups is 1. The summed E-state index contributed by atoms with van der Waals surface area (Å²) in [7, 11) is 1.73. The number of phenolic OH excluding ortho intramolecular Hbond substituents is 2. The highest BCUT2D eigenvalue weighted by Crippen LogP contribution is 2.28. The molecule has 5 nitrogen and oxygen atoms in total. The third kappa shape index (κ3) is 3.65. The quantitative estimate of drug-likeness (QED) is 0.520. The van der Waals surface area contributed by atoms with Crippen LogP contribution in [-0.2, 0) is 0 Å². The Morgan fingerprint density at radius 2 is 2.07 bits per heavy atom. The monoisotopic (exact) mass is 213 g/mol. The summed E-state index contributed by atoms with van der Waals surface area (Å²) in [6.07, 6.45) is -0.606. The Morgan fingerprint density at radius 1 is 1.33 bits per heavy atom. The Labute approximate surface area is 87.9 Å². The van der Waals surface area contributed by atoms with E-state index < -0.39 is 6.10 Å². The van der Waals surface area contributed by atoms with Crippen LogP contribution in [0, 0.1) is 0 Å². The largest absolute Gasteiger partial charge is 0.504 e. The van der Waals surface area contributed by atoms with Gasteiger partial charge in [0.1, 0.15) is 18.5 Å². The van der Waals surface area contributed by atoms with Gasteiger partial charge in [0.15, 0.2) is 11.5 Å². The Kier molecular flexibility index (Phi) is 4.20. The first-order valence-electron chi connectivity index (χ1n) is 4.61. The molecule has 1 rings (SSSR count). The average Bonchev–Trinajstić information content (AvgIpc) is 2.20. The molecule has 0 aliphatic heterocycles. The lowest BCUT2D eigenvalue weighted by Crippen LogP contribution is -2.29. The van der Waals surface area contributed by atoms with Gasteiger partial charge < -0.3 is 25.4 Å². The molecule has 0 saturated carbocycles. The van der Waals surface area contributed by atoms with Crippen LogP contribution < -0.4 is 10.1 Å². The lowest BCUT2D eigenvalue weighted by molar-refractivity contribution is 0.108. The second kappa shape index (κ2) is 5.43. The van der Waals surface area contributed by atoms with Crippen LogP contribution in [0.5, 0.6) is 17.2 Å². The first-order chi connectivity index (χ1) is 7.13. The average molecular weight is 213 g/mol. The van der Waals surface area contributed by atoms with Crippen molar-refractivity contribution in [2.45, 2.75) is 6.10 Å².